The van der Waals surface area contributed by atoms with Crippen molar-refractivity contribution in [3.63, 3.8) is 0 Å². The van der Waals surface area contributed by atoms with E-state index in [0.29, 0.717) is 18.7 Å². The number of nitrogens with one attached hydrogen (secondary N) is 1. The van der Waals surface area contributed by atoms with Crippen LogP contribution in [-0.2, 0) is 13.8 Å². The highest BCUT2D eigenvalue weighted by Gasteiger charge is 2.15. The Labute approximate surface area is 123 Å². The van der Waals surface area contributed by atoms with Gasteiger partial charge < -0.3 is 10.1 Å². The largest absolute Gasteiger partial charge is 0.377 e. The van der Waals surface area contributed by atoms with Gasteiger partial charge in [-0.15, -0.1) is 0 Å². The molecule has 0 saturated carbocycles. The molecule has 1 unspecified atom stereocenters. The Bertz CT molecular complexity index is 586. The summed E-state index contributed by atoms with van der Waals surface area (Å²) in [4.78, 5) is 11.9. The van der Waals surface area contributed by atoms with Crippen LogP contribution in [0.15, 0.2) is 23.1 Å². The summed E-state index contributed by atoms with van der Waals surface area (Å²) in [5.41, 5.74) is 0.905. The topological polar surface area (TPSA) is 72.5 Å². The van der Waals surface area contributed by atoms with E-state index in [0.717, 1.165) is 0 Å². The molecule has 0 spiro atoms. The second-order valence-electron chi connectivity index (χ2n) is 4.45. The maximum absolute atomic E-state index is 12.0. The summed E-state index contributed by atoms with van der Waals surface area (Å²) in [6.45, 7) is 6.33. The van der Waals surface area contributed by atoms with Crippen molar-refractivity contribution in [2.45, 2.75) is 31.8 Å². The summed E-state index contributed by atoms with van der Waals surface area (Å²) in [6, 6.07) is 4.28. The lowest BCUT2D eigenvalue weighted by molar-refractivity contribution is 0.0695. The monoisotopic (exact) mass is 319 g/mol. The first-order valence-corrected chi connectivity index (χ1v) is 8.51. The Morgan fingerprint density at radius 3 is 2.60 bits per heavy atom. The zero-order valence-electron chi connectivity index (χ0n) is 11.6. The van der Waals surface area contributed by atoms with Crippen molar-refractivity contribution in [3.8, 4) is 0 Å². The van der Waals surface area contributed by atoms with Crippen molar-refractivity contribution < 1.29 is 17.9 Å². The van der Waals surface area contributed by atoms with Crippen LogP contribution in [0.4, 0.5) is 0 Å². The highest BCUT2D eigenvalue weighted by molar-refractivity contribution is 8.13. The number of hydrogen-bond acceptors (Lipinski definition) is 4. The molecule has 0 heterocycles. The first-order valence-electron chi connectivity index (χ1n) is 6.20. The minimum atomic E-state index is -3.85. The third-order valence-electron chi connectivity index (χ3n) is 2.60. The van der Waals surface area contributed by atoms with Crippen LogP contribution in [0, 0.1) is 6.92 Å². The minimum absolute atomic E-state index is 0.0813. The summed E-state index contributed by atoms with van der Waals surface area (Å²) in [5.74, 6) is -0.359. The maximum Gasteiger partial charge on any atom is 0.261 e. The fourth-order valence-corrected chi connectivity index (χ4v) is 2.56. The normalized spacial score (nSPS) is 13.0. The SMILES string of the molecule is CCOC(C)CNC(=O)c1cc(C)cc(S(=O)(=O)Cl)c1. The molecule has 0 aliphatic heterocycles. The van der Waals surface area contributed by atoms with Crippen LogP contribution >= 0.6 is 10.7 Å². The molecule has 0 bridgehead atoms. The summed E-state index contributed by atoms with van der Waals surface area (Å²) in [6.07, 6.45) is -0.106. The van der Waals surface area contributed by atoms with Crippen LogP contribution in [0.1, 0.15) is 29.8 Å². The molecule has 0 aliphatic carbocycles. The van der Waals surface area contributed by atoms with Gasteiger partial charge in [0.1, 0.15) is 0 Å². The van der Waals surface area contributed by atoms with Gasteiger partial charge in [0.05, 0.1) is 11.0 Å². The Balaban J connectivity index is 2.86. The van der Waals surface area contributed by atoms with E-state index < -0.39 is 9.05 Å². The molecule has 7 heteroatoms. The number of aryl methyl sites for hydroxylation is 1. The fourth-order valence-electron chi connectivity index (χ4n) is 1.70. The van der Waals surface area contributed by atoms with Gasteiger partial charge >= 0.3 is 0 Å². The zero-order chi connectivity index (χ0) is 15.3. The molecular weight excluding hydrogens is 302 g/mol. The maximum atomic E-state index is 12.0. The fraction of sp³-hybridized carbons (Fsp3) is 0.462. The molecule has 1 aromatic rings. The number of ether oxygens (including phenoxy) is 1. The average Bonchev–Trinajstić information content (AvgIpc) is 2.34. The van der Waals surface area contributed by atoms with E-state index in [1.54, 1.807) is 13.0 Å². The predicted molar refractivity (Wildman–Crippen MR) is 77.6 cm³/mol. The lowest BCUT2D eigenvalue weighted by Crippen LogP contribution is -2.32. The number of hydrogen-bond donors (Lipinski definition) is 1. The Hall–Kier alpha value is -1.11. The van der Waals surface area contributed by atoms with Gasteiger partial charge in [0, 0.05) is 29.4 Å². The van der Waals surface area contributed by atoms with E-state index in [-0.39, 0.29) is 22.5 Å². The molecule has 0 radical (unpaired) electrons. The van der Waals surface area contributed by atoms with Crippen LogP contribution in [0.5, 0.6) is 0 Å². The first kappa shape index (κ1) is 16.9. The van der Waals surface area contributed by atoms with Gasteiger partial charge in [-0.05, 0) is 44.5 Å². The van der Waals surface area contributed by atoms with Crippen LogP contribution in [0.25, 0.3) is 0 Å². The van der Waals surface area contributed by atoms with Crippen molar-refractivity contribution in [1.82, 2.24) is 5.32 Å². The van der Waals surface area contributed by atoms with E-state index in [9.17, 15) is 13.2 Å². The van der Waals surface area contributed by atoms with Gasteiger partial charge in [0.25, 0.3) is 15.0 Å². The molecule has 1 amide bonds. The molecule has 1 N–H and O–H groups in total. The van der Waals surface area contributed by atoms with Crippen molar-refractivity contribution in [3.05, 3.63) is 29.3 Å². The molecule has 0 aliphatic rings. The van der Waals surface area contributed by atoms with E-state index in [4.69, 9.17) is 15.4 Å². The molecule has 5 nitrogen and oxygen atoms in total. The summed E-state index contributed by atoms with van der Waals surface area (Å²) >= 11 is 0. The van der Waals surface area contributed by atoms with E-state index in [2.05, 4.69) is 5.32 Å². The lowest BCUT2D eigenvalue weighted by atomic mass is 10.1. The van der Waals surface area contributed by atoms with E-state index in [1.807, 2.05) is 13.8 Å². The number of amides is 1. The first-order chi connectivity index (χ1) is 9.24. The number of carbonyl (C=O) groups excluding carboxylic acids is 1. The Morgan fingerprint density at radius 1 is 1.40 bits per heavy atom. The quantitative estimate of drug-likeness (QED) is 0.815. The molecular formula is C13H18ClNO4S. The number of halogens is 1. The Kier molecular flexibility index (Phi) is 5.98. The van der Waals surface area contributed by atoms with Crippen molar-refractivity contribution >= 4 is 25.6 Å². The zero-order valence-corrected chi connectivity index (χ0v) is 13.2. The summed E-state index contributed by atoms with van der Waals surface area (Å²) in [5, 5.41) is 2.69. The van der Waals surface area contributed by atoms with Crippen LogP contribution in [0.2, 0.25) is 0 Å². The smallest absolute Gasteiger partial charge is 0.261 e. The van der Waals surface area contributed by atoms with E-state index in [1.165, 1.54) is 12.1 Å². The van der Waals surface area contributed by atoms with Gasteiger partial charge in [0.2, 0.25) is 0 Å². The van der Waals surface area contributed by atoms with Crippen LogP contribution < -0.4 is 5.32 Å². The second-order valence-corrected chi connectivity index (χ2v) is 7.01. The van der Waals surface area contributed by atoms with Gasteiger partial charge in [0.15, 0.2) is 0 Å². The molecule has 0 aromatic heterocycles. The van der Waals surface area contributed by atoms with Crippen LogP contribution in [-0.4, -0.2) is 33.6 Å². The van der Waals surface area contributed by atoms with Crippen LogP contribution in [0.3, 0.4) is 0 Å². The molecule has 1 atom stereocenters. The number of carbonyl (C=O) groups is 1. The summed E-state index contributed by atoms with van der Waals surface area (Å²) in [7, 11) is 1.44. The molecule has 1 aromatic carbocycles. The predicted octanol–water partition coefficient (Wildman–Crippen LogP) is 2.08. The second kappa shape index (κ2) is 7.06. The number of rotatable bonds is 6. The van der Waals surface area contributed by atoms with Crippen molar-refractivity contribution in [2.24, 2.45) is 0 Å². The molecule has 0 saturated heterocycles. The highest BCUT2D eigenvalue weighted by Crippen LogP contribution is 2.18. The van der Waals surface area contributed by atoms with Gasteiger partial charge in [-0.2, -0.15) is 0 Å². The third kappa shape index (κ3) is 5.11. The van der Waals surface area contributed by atoms with Gasteiger partial charge in [-0.25, -0.2) is 8.42 Å². The third-order valence-corrected chi connectivity index (χ3v) is 3.93. The lowest BCUT2D eigenvalue weighted by Gasteiger charge is -2.13. The van der Waals surface area contributed by atoms with E-state index >= 15 is 0 Å². The molecule has 1 rings (SSSR count). The number of benzene rings is 1. The standard InChI is InChI=1S/C13H18ClNO4S/c1-4-19-10(3)8-15-13(16)11-5-9(2)6-12(7-11)20(14,17)18/h5-7,10H,4,8H2,1-3H3,(H,15,16). The molecule has 0 fully saturated rings. The van der Waals surface area contributed by atoms with Gasteiger partial charge in [-0.1, -0.05) is 0 Å². The van der Waals surface area contributed by atoms with Crippen molar-refractivity contribution in [2.75, 3.05) is 13.2 Å². The Morgan fingerprint density at radius 2 is 2.05 bits per heavy atom. The molecule has 20 heavy (non-hydrogen) atoms. The minimum Gasteiger partial charge on any atom is -0.377 e. The van der Waals surface area contributed by atoms with Gasteiger partial charge in [-0.3, -0.25) is 4.79 Å². The highest BCUT2D eigenvalue weighted by atomic mass is 35.7. The average molecular weight is 320 g/mol. The summed E-state index contributed by atoms with van der Waals surface area (Å²) < 4.78 is 27.9. The molecule has 112 valence electrons. The van der Waals surface area contributed by atoms with Crippen molar-refractivity contribution in [1.29, 1.82) is 0 Å².